The lowest BCUT2D eigenvalue weighted by Gasteiger charge is -2.24. The highest BCUT2D eigenvalue weighted by Gasteiger charge is 2.36. The normalized spacial score (nSPS) is 16.2. The molecule has 2 unspecified atom stereocenters. The Balaban J connectivity index is 1.62. The summed E-state index contributed by atoms with van der Waals surface area (Å²) >= 11 is 14.1. The first-order valence-corrected chi connectivity index (χ1v) is 12.5. The third kappa shape index (κ3) is 5.19. The zero-order valence-corrected chi connectivity index (χ0v) is 21.0. The van der Waals surface area contributed by atoms with E-state index in [-0.39, 0.29) is 5.91 Å². The number of methoxy groups -OCH3 is 1. The van der Waals surface area contributed by atoms with Crippen molar-refractivity contribution in [2.75, 3.05) is 18.7 Å². The SMILES string of the molecule is COC(=O)C1CSCN1C(=O)c1ccc(OC(c2ccc(Cl)cc2)c2ccccc2Cl)c(C)c1. The molecule has 1 fully saturated rings. The van der Waals surface area contributed by atoms with Crippen LogP contribution in [0.2, 0.25) is 10.0 Å². The van der Waals surface area contributed by atoms with E-state index >= 15 is 0 Å². The lowest BCUT2D eigenvalue weighted by atomic mass is 10.0. The smallest absolute Gasteiger partial charge is 0.329 e. The molecule has 0 aliphatic carbocycles. The average Bonchev–Trinajstić information content (AvgIpc) is 3.33. The zero-order chi connectivity index (χ0) is 24.2. The van der Waals surface area contributed by atoms with Gasteiger partial charge in [-0.1, -0.05) is 53.5 Å². The van der Waals surface area contributed by atoms with Crippen LogP contribution in [0.15, 0.2) is 66.7 Å². The molecule has 4 rings (SSSR count). The molecule has 3 aromatic carbocycles. The first kappa shape index (κ1) is 24.5. The van der Waals surface area contributed by atoms with Gasteiger partial charge in [0, 0.05) is 26.9 Å². The number of aryl methyl sites for hydroxylation is 1. The van der Waals surface area contributed by atoms with E-state index in [4.69, 9.17) is 32.7 Å². The Kier molecular flexibility index (Phi) is 7.71. The second-order valence-electron chi connectivity index (χ2n) is 7.87. The second-order valence-corrected chi connectivity index (χ2v) is 9.71. The monoisotopic (exact) mass is 515 g/mol. The van der Waals surface area contributed by atoms with Gasteiger partial charge in [-0.2, -0.15) is 0 Å². The maximum Gasteiger partial charge on any atom is 0.329 e. The van der Waals surface area contributed by atoms with Crippen molar-refractivity contribution < 1.29 is 19.1 Å². The summed E-state index contributed by atoms with van der Waals surface area (Å²) in [6.45, 7) is 1.88. The molecule has 0 radical (unpaired) electrons. The molecule has 0 N–H and O–H groups in total. The number of thioether (sulfide) groups is 1. The molecular weight excluding hydrogens is 493 g/mol. The lowest BCUT2D eigenvalue weighted by molar-refractivity contribution is -0.144. The minimum Gasteiger partial charge on any atom is -0.481 e. The van der Waals surface area contributed by atoms with Gasteiger partial charge in [-0.3, -0.25) is 4.79 Å². The average molecular weight is 516 g/mol. The van der Waals surface area contributed by atoms with Crippen LogP contribution >= 0.6 is 35.0 Å². The number of hydrogen-bond donors (Lipinski definition) is 0. The molecule has 176 valence electrons. The molecular formula is C26H23Cl2NO4S. The van der Waals surface area contributed by atoms with Crippen molar-refractivity contribution in [3.63, 3.8) is 0 Å². The van der Waals surface area contributed by atoms with Crippen LogP contribution in [-0.2, 0) is 9.53 Å². The first-order valence-electron chi connectivity index (χ1n) is 10.6. The number of carbonyl (C=O) groups excluding carboxylic acids is 2. The maximum atomic E-state index is 13.1. The summed E-state index contributed by atoms with van der Waals surface area (Å²) in [4.78, 5) is 26.7. The van der Waals surface area contributed by atoms with Crippen LogP contribution in [-0.4, -0.2) is 41.6 Å². The Morgan fingerprint density at radius 3 is 2.47 bits per heavy atom. The highest BCUT2D eigenvalue weighted by molar-refractivity contribution is 7.99. The van der Waals surface area contributed by atoms with E-state index in [1.807, 2.05) is 55.5 Å². The number of hydrogen-bond acceptors (Lipinski definition) is 5. The quantitative estimate of drug-likeness (QED) is 0.368. The maximum absolute atomic E-state index is 13.1. The molecule has 1 saturated heterocycles. The van der Waals surface area contributed by atoms with E-state index < -0.39 is 18.1 Å². The third-order valence-electron chi connectivity index (χ3n) is 5.64. The fraction of sp³-hybridized carbons (Fsp3) is 0.231. The van der Waals surface area contributed by atoms with Gasteiger partial charge in [0.25, 0.3) is 5.91 Å². The van der Waals surface area contributed by atoms with E-state index in [9.17, 15) is 9.59 Å². The van der Waals surface area contributed by atoms with E-state index in [1.54, 1.807) is 23.1 Å². The predicted octanol–water partition coefficient (Wildman–Crippen LogP) is 6.16. The number of nitrogens with zero attached hydrogens (tertiary/aromatic N) is 1. The van der Waals surface area contributed by atoms with Crippen LogP contribution in [0.5, 0.6) is 5.75 Å². The molecule has 0 spiro atoms. The molecule has 5 nitrogen and oxygen atoms in total. The van der Waals surface area contributed by atoms with Gasteiger partial charge in [-0.25, -0.2) is 4.79 Å². The number of amides is 1. The highest BCUT2D eigenvalue weighted by Crippen LogP contribution is 2.35. The summed E-state index contributed by atoms with van der Waals surface area (Å²) in [5.41, 5.74) is 2.99. The predicted molar refractivity (Wildman–Crippen MR) is 136 cm³/mol. The number of carbonyl (C=O) groups is 2. The molecule has 1 amide bonds. The van der Waals surface area contributed by atoms with Gasteiger partial charge in [-0.15, -0.1) is 11.8 Å². The number of esters is 1. The minimum absolute atomic E-state index is 0.213. The fourth-order valence-corrected chi connectivity index (χ4v) is 5.32. The van der Waals surface area contributed by atoms with Crippen molar-refractivity contribution in [3.05, 3.63) is 99.0 Å². The third-order valence-corrected chi connectivity index (χ3v) is 7.25. The number of benzene rings is 3. The van der Waals surface area contributed by atoms with Gasteiger partial charge >= 0.3 is 5.97 Å². The molecule has 1 heterocycles. The van der Waals surface area contributed by atoms with Crippen molar-refractivity contribution in [2.24, 2.45) is 0 Å². The summed E-state index contributed by atoms with van der Waals surface area (Å²) in [6.07, 6.45) is -0.468. The van der Waals surface area contributed by atoms with Crippen molar-refractivity contribution >= 4 is 46.8 Å². The standard InChI is InChI=1S/C26H23Cl2NO4S/c1-16-13-18(25(30)29-15-34-14-22(29)26(31)32-2)9-12-23(16)33-24(17-7-10-19(27)11-8-17)20-5-3-4-6-21(20)28/h3-13,22,24H,14-15H2,1-2H3. The molecule has 1 aliphatic rings. The van der Waals surface area contributed by atoms with Crippen molar-refractivity contribution in [2.45, 2.75) is 19.1 Å². The number of rotatable bonds is 6. The first-order chi connectivity index (χ1) is 16.4. The van der Waals surface area contributed by atoms with Crippen LogP contribution in [0.1, 0.15) is 33.2 Å². The van der Waals surface area contributed by atoms with Crippen LogP contribution in [0.25, 0.3) is 0 Å². The Bertz CT molecular complexity index is 1200. The van der Waals surface area contributed by atoms with Crippen LogP contribution in [0.4, 0.5) is 0 Å². The zero-order valence-electron chi connectivity index (χ0n) is 18.7. The van der Waals surface area contributed by atoms with Gasteiger partial charge in [-0.05, 0) is 54.4 Å². The minimum atomic E-state index is -0.576. The van der Waals surface area contributed by atoms with Gasteiger partial charge in [0.2, 0.25) is 0 Å². The van der Waals surface area contributed by atoms with Crippen molar-refractivity contribution in [1.29, 1.82) is 0 Å². The van der Waals surface area contributed by atoms with Gasteiger partial charge in [0.15, 0.2) is 6.10 Å². The summed E-state index contributed by atoms with van der Waals surface area (Å²) in [5, 5.41) is 1.22. The summed E-state index contributed by atoms with van der Waals surface area (Å²) in [7, 11) is 1.33. The Morgan fingerprint density at radius 2 is 1.79 bits per heavy atom. The fourth-order valence-electron chi connectivity index (χ4n) is 3.82. The summed E-state index contributed by atoms with van der Waals surface area (Å²) in [5.74, 6) is 0.980. The van der Waals surface area contributed by atoms with Gasteiger partial charge < -0.3 is 14.4 Å². The Morgan fingerprint density at radius 1 is 1.06 bits per heavy atom. The van der Waals surface area contributed by atoms with Crippen molar-refractivity contribution in [3.8, 4) is 5.75 Å². The summed E-state index contributed by atoms with van der Waals surface area (Å²) < 4.78 is 11.3. The largest absolute Gasteiger partial charge is 0.481 e. The molecule has 1 aliphatic heterocycles. The van der Waals surface area contributed by atoms with Crippen molar-refractivity contribution in [1.82, 2.24) is 4.90 Å². The number of halogens is 2. The van der Waals surface area contributed by atoms with E-state index in [2.05, 4.69) is 0 Å². The summed E-state index contributed by atoms with van der Waals surface area (Å²) in [6, 6.07) is 19.7. The van der Waals surface area contributed by atoms with Gasteiger partial charge in [0.1, 0.15) is 11.8 Å². The molecule has 34 heavy (non-hydrogen) atoms. The topological polar surface area (TPSA) is 55.8 Å². The van der Waals surface area contributed by atoms with E-state index in [0.717, 1.165) is 16.7 Å². The van der Waals surface area contributed by atoms with Crippen LogP contribution in [0, 0.1) is 6.92 Å². The number of ether oxygens (including phenoxy) is 2. The van der Waals surface area contributed by atoms with E-state index in [0.29, 0.717) is 33.0 Å². The highest BCUT2D eigenvalue weighted by atomic mass is 35.5. The Labute approximate surface area is 212 Å². The molecule has 3 aromatic rings. The lowest BCUT2D eigenvalue weighted by Crippen LogP contribution is -2.42. The molecule has 8 heteroatoms. The van der Waals surface area contributed by atoms with Crippen LogP contribution < -0.4 is 4.74 Å². The Hall–Kier alpha value is -2.67. The molecule has 0 aromatic heterocycles. The van der Waals surface area contributed by atoms with Gasteiger partial charge in [0.05, 0.1) is 13.0 Å². The molecule has 0 saturated carbocycles. The second kappa shape index (κ2) is 10.7. The van der Waals surface area contributed by atoms with Crippen LogP contribution in [0.3, 0.4) is 0 Å². The molecule has 2 atom stereocenters. The van der Waals surface area contributed by atoms with E-state index in [1.165, 1.54) is 18.9 Å². The molecule has 0 bridgehead atoms.